The first-order valence-electron chi connectivity index (χ1n) is 9.27. The molecule has 0 unspecified atom stereocenters. The third-order valence-electron chi connectivity index (χ3n) is 4.91. The lowest BCUT2D eigenvalue weighted by Crippen LogP contribution is -2.26. The largest absolute Gasteiger partial charge is 0.355 e. The third kappa shape index (κ3) is 3.57. The summed E-state index contributed by atoms with van der Waals surface area (Å²) in [5, 5.41) is 8.55. The number of H-pyrrole nitrogens is 1. The number of rotatable bonds is 5. The molecule has 1 atom stereocenters. The maximum absolute atomic E-state index is 6.04. The highest BCUT2D eigenvalue weighted by Crippen LogP contribution is 2.28. The molecule has 0 amide bonds. The van der Waals surface area contributed by atoms with Gasteiger partial charge >= 0.3 is 0 Å². The van der Waals surface area contributed by atoms with Gasteiger partial charge in [0.2, 0.25) is 0 Å². The van der Waals surface area contributed by atoms with Crippen LogP contribution in [0, 0.1) is 0 Å². The normalized spacial score (nSPS) is 17.7. The Labute approximate surface area is 163 Å². The molecule has 0 aromatic carbocycles. The molecule has 3 aromatic heterocycles. The number of allylic oxidation sites excluding steroid dienone is 3. The van der Waals surface area contributed by atoms with Crippen molar-refractivity contribution in [1.29, 1.82) is 0 Å². The molecule has 7 heteroatoms. The van der Waals surface area contributed by atoms with E-state index >= 15 is 0 Å². The summed E-state index contributed by atoms with van der Waals surface area (Å²) in [7, 11) is 0. The molecule has 1 saturated heterocycles. The van der Waals surface area contributed by atoms with Crippen LogP contribution in [0.1, 0.15) is 19.0 Å². The Balaban J connectivity index is 1.71. The summed E-state index contributed by atoms with van der Waals surface area (Å²) in [6, 6.07) is 8.27. The van der Waals surface area contributed by atoms with Crippen LogP contribution in [0.2, 0.25) is 0 Å². The molecule has 1 aliphatic heterocycles. The van der Waals surface area contributed by atoms with Crippen molar-refractivity contribution in [3.05, 3.63) is 54.5 Å². The summed E-state index contributed by atoms with van der Waals surface area (Å²) in [4.78, 5) is 15.3. The van der Waals surface area contributed by atoms with Crippen molar-refractivity contribution in [2.24, 2.45) is 10.7 Å². The van der Waals surface area contributed by atoms with Gasteiger partial charge in [-0.05, 0) is 49.9 Å². The zero-order valence-corrected chi connectivity index (χ0v) is 15.8. The molecular weight excluding hydrogens is 350 g/mol. The van der Waals surface area contributed by atoms with Gasteiger partial charge in [-0.3, -0.25) is 15.1 Å². The fraction of sp³-hybridized carbons (Fsp3) is 0.238. The molecule has 7 nitrogen and oxygen atoms in total. The zero-order chi connectivity index (χ0) is 19.5. The highest BCUT2D eigenvalue weighted by atomic mass is 15.2. The van der Waals surface area contributed by atoms with E-state index in [4.69, 9.17) is 10.7 Å². The number of hydrogen-bond acceptors (Lipinski definition) is 6. The molecule has 0 radical (unpaired) electrons. The van der Waals surface area contributed by atoms with Crippen molar-refractivity contribution in [2.75, 3.05) is 18.0 Å². The van der Waals surface area contributed by atoms with Crippen LogP contribution < -0.4 is 10.6 Å². The molecule has 0 aliphatic carbocycles. The van der Waals surface area contributed by atoms with E-state index in [9.17, 15) is 0 Å². The smallest absolute Gasteiger partial charge is 0.129 e. The van der Waals surface area contributed by atoms with Gasteiger partial charge in [0.1, 0.15) is 11.5 Å². The van der Waals surface area contributed by atoms with Crippen molar-refractivity contribution in [3.8, 4) is 11.4 Å². The van der Waals surface area contributed by atoms with Crippen LogP contribution in [-0.2, 0) is 0 Å². The van der Waals surface area contributed by atoms with E-state index < -0.39 is 0 Å². The topological polar surface area (TPSA) is 96.1 Å². The van der Waals surface area contributed by atoms with Gasteiger partial charge in [-0.1, -0.05) is 12.1 Å². The van der Waals surface area contributed by atoms with E-state index in [0.29, 0.717) is 0 Å². The quantitative estimate of drug-likeness (QED) is 0.529. The third-order valence-corrected chi connectivity index (χ3v) is 4.91. The van der Waals surface area contributed by atoms with Crippen LogP contribution in [0.4, 0.5) is 5.82 Å². The minimum absolute atomic E-state index is 0.213. The van der Waals surface area contributed by atoms with E-state index in [1.54, 1.807) is 12.4 Å². The molecule has 3 aromatic rings. The lowest BCUT2D eigenvalue weighted by atomic mass is 10.1. The summed E-state index contributed by atoms with van der Waals surface area (Å²) < 4.78 is 0. The molecule has 0 bridgehead atoms. The molecule has 28 heavy (non-hydrogen) atoms. The SMILES string of the molecule is C=N/C=C\C=C(/C)c1cc2c(-c3cccc(N4CC[C@H](N)C4)n3)n[nH]c2cn1. The minimum atomic E-state index is 0.213. The Morgan fingerprint density at radius 1 is 1.43 bits per heavy atom. The van der Waals surface area contributed by atoms with Crippen LogP contribution in [0.15, 0.2) is 53.8 Å². The zero-order valence-electron chi connectivity index (χ0n) is 15.8. The molecular formula is C21H23N7. The maximum Gasteiger partial charge on any atom is 0.129 e. The van der Waals surface area contributed by atoms with Gasteiger partial charge in [0, 0.05) is 30.7 Å². The first-order valence-corrected chi connectivity index (χ1v) is 9.27. The average Bonchev–Trinajstić information content (AvgIpc) is 3.34. The van der Waals surface area contributed by atoms with Gasteiger partial charge in [-0.25, -0.2) is 4.98 Å². The number of aromatic amines is 1. The Bertz CT molecular complexity index is 1060. The van der Waals surface area contributed by atoms with Crippen LogP contribution in [0.25, 0.3) is 27.9 Å². The van der Waals surface area contributed by atoms with E-state index in [0.717, 1.165) is 58.9 Å². The van der Waals surface area contributed by atoms with Crippen LogP contribution in [0.3, 0.4) is 0 Å². The fourth-order valence-electron chi connectivity index (χ4n) is 3.39. The Kier molecular flexibility index (Phi) is 4.99. The average molecular weight is 373 g/mol. The molecule has 4 heterocycles. The lowest BCUT2D eigenvalue weighted by molar-refractivity contribution is 0.751. The maximum atomic E-state index is 6.04. The molecule has 0 spiro atoms. The summed E-state index contributed by atoms with van der Waals surface area (Å²) in [5.41, 5.74) is 10.5. The number of nitrogens with one attached hydrogen (secondary N) is 1. The van der Waals surface area contributed by atoms with Crippen LogP contribution in [0.5, 0.6) is 0 Å². The van der Waals surface area contributed by atoms with E-state index in [-0.39, 0.29) is 6.04 Å². The number of aromatic nitrogens is 4. The van der Waals surface area contributed by atoms with Gasteiger partial charge in [0.15, 0.2) is 0 Å². The van der Waals surface area contributed by atoms with E-state index in [2.05, 4.69) is 31.8 Å². The molecule has 1 aliphatic rings. The highest BCUT2D eigenvalue weighted by molar-refractivity contribution is 5.93. The van der Waals surface area contributed by atoms with Gasteiger partial charge in [-0.15, -0.1) is 0 Å². The number of fused-ring (bicyclic) bond motifs is 1. The molecule has 4 rings (SSSR count). The summed E-state index contributed by atoms with van der Waals surface area (Å²) in [6.45, 7) is 7.22. The van der Waals surface area contributed by atoms with Crippen molar-refractivity contribution < 1.29 is 0 Å². The van der Waals surface area contributed by atoms with Crippen molar-refractivity contribution in [1.82, 2.24) is 20.2 Å². The lowest BCUT2D eigenvalue weighted by Gasteiger charge is -2.17. The molecule has 142 valence electrons. The number of hydrogen-bond donors (Lipinski definition) is 2. The Morgan fingerprint density at radius 3 is 3.11 bits per heavy atom. The second-order valence-electron chi connectivity index (χ2n) is 6.94. The van der Waals surface area contributed by atoms with E-state index in [1.807, 2.05) is 43.3 Å². The second-order valence-corrected chi connectivity index (χ2v) is 6.94. The van der Waals surface area contributed by atoms with Crippen molar-refractivity contribution in [2.45, 2.75) is 19.4 Å². The van der Waals surface area contributed by atoms with Crippen molar-refractivity contribution >= 4 is 29.0 Å². The van der Waals surface area contributed by atoms with E-state index in [1.165, 1.54) is 0 Å². The number of aliphatic imine (C=N–C) groups is 1. The number of anilines is 1. The summed E-state index contributed by atoms with van der Waals surface area (Å²) in [6.07, 6.45) is 8.24. The van der Waals surface area contributed by atoms with Crippen LogP contribution >= 0.6 is 0 Å². The van der Waals surface area contributed by atoms with Crippen LogP contribution in [-0.4, -0.2) is 46.0 Å². The summed E-state index contributed by atoms with van der Waals surface area (Å²) in [5.74, 6) is 0.939. The standard InChI is InChI=1S/C21H23N7/c1-14(5-4-9-23-2)18-11-16-19(12-24-18)26-27-21(16)17-6-3-7-20(25-17)28-10-8-15(22)13-28/h3-7,9,11-12,15H,2,8,10,13,22H2,1H3,(H,26,27)/b9-4-,14-5+/t15-/m0/s1. The van der Waals surface area contributed by atoms with Gasteiger partial charge in [-0.2, -0.15) is 5.10 Å². The molecule has 0 saturated carbocycles. The molecule has 3 N–H and O–H groups in total. The first kappa shape index (κ1) is 18.1. The predicted octanol–water partition coefficient (Wildman–Crippen LogP) is 3.17. The molecule has 1 fully saturated rings. The van der Waals surface area contributed by atoms with Crippen molar-refractivity contribution in [3.63, 3.8) is 0 Å². The van der Waals surface area contributed by atoms with Gasteiger partial charge in [0.25, 0.3) is 0 Å². The monoisotopic (exact) mass is 373 g/mol. The first-order chi connectivity index (χ1) is 13.7. The van der Waals surface area contributed by atoms with Gasteiger partial charge < -0.3 is 10.6 Å². The Morgan fingerprint density at radius 2 is 2.32 bits per heavy atom. The fourth-order valence-corrected chi connectivity index (χ4v) is 3.39. The van der Waals surface area contributed by atoms with Gasteiger partial charge in [0.05, 0.1) is 23.1 Å². The minimum Gasteiger partial charge on any atom is -0.355 e. The predicted molar refractivity (Wildman–Crippen MR) is 114 cm³/mol. The highest BCUT2D eigenvalue weighted by Gasteiger charge is 2.21. The Hall–Kier alpha value is -3.32. The number of pyridine rings is 2. The number of nitrogens with two attached hydrogens (primary N) is 1. The number of nitrogens with zero attached hydrogens (tertiary/aromatic N) is 5. The summed E-state index contributed by atoms with van der Waals surface area (Å²) >= 11 is 0. The second kappa shape index (κ2) is 7.74.